The first-order chi connectivity index (χ1) is 11.1. The maximum absolute atomic E-state index is 12.1. The molecule has 1 N–H and O–H groups in total. The van der Waals surface area contributed by atoms with E-state index in [0.29, 0.717) is 18.7 Å². The van der Waals surface area contributed by atoms with Gasteiger partial charge in [0.1, 0.15) is 5.76 Å². The third kappa shape index (κ3) is 3.69. The van der Waals surface area contributed by atoms with Crippen molar-refractivity contribution in [2.24, 2.45) is 0 Å². The van der Waals surface area contributed by atoms with Crippen LogP contribution >= 0.6 is 0 Å². The Kier molecular flexibility index (Phi) is 4.28. The van der Waals surface area contributed by atoms with Gasteiger partial charge in [-0.15, -0.1) is 0 Å². The molecule has 2 heterocycles. The summed E-state index contributed by atoms with van der Waals surface area (Å²) in [5.74, 6) is 0.624. The summed E-state index contributed by atoms with van der Waals surface area (Å²) in [5.41, 5.74) is 3.88. The van der Waals surface area contributed by atoms with Gasteiger partial charge in [-0.25, -0.2) is 0 Å². The summed E-state index contributed by atoms with van der Waals surface area (Å²) in [6, 6.07) is 13.3. The fourth-order valence-electron chi connectivity index (χ4n) is 2.45. The normalized spacial score (nSPS) is 10.7. The Morgan fingerprint density at radius 2 is 2.00 bits per heavy atom. The topological polar surface area (TPSA) is 60.1 Å². The number of hydrogen-bond acceptors (Lipinski definition) is 3. The van der Waals surface area contributed by atoms with Gasteiger partial charge in [-0.05, 0) is 49.7 Å². The summed E-state index contributed by atoms with van der Waals surface area (Å²) in [4.78, 5) is 12.1. The van der Waals surface area contributed by atoms with E-state index in [4.69, 9.17) is 4.42 Å². The third-order valence-corrected chi connectivity index (χ3v) is 3.66. The molecule has 0 unspecified atom stereocenters. The molecule has 1 aromatic carbocycles. The second-order valence-corrected chi connectivity index (χ2v) is 5.54. The van der Waals surface area contributed by atoms with Crippen LogP contribution in [0.2, 0.25) is 0 Å². The largest absolute Gasteiger partial charge is 0.467 e. The van der Waals surface area contributed by atoms with E-state index in [0.717, 1.165) is 22.7 Å². The van der Waals surface area contributed by atoms with Gasteiger partial charge < -0.3 is 9.73 Å². The van der Waals surface area contributed by atoms with Crippen molar-refractivity contribution in [2.45, 2.75) is 26.9 Å². The summed E-state index contributed by atoms with van der Waals surface area (Å²) >= 11 is 0. The molecule has 0 atom stereocenters. The Morgan fingerprint density at radius 3 is 2.61 bits per heavy atom. The fraction of sp³-hybridized carbons (Fsp3) is 0.222. The lowest BCUT2D eigenvalue weighted by molar-refractivity contribution is 0.0948. The molecule has 3 aromatic rings. The molecule has 0 saturated heterocycles. The maximum atomic E-state index is 12.1. The first-order valence-corrected chi connectivity index (χ1v) is 7.52. The summed E-state index contributed by atoms with van der Waals surface area (Å²) < 4.78 is 7.15. The van der Waals surface area contributed by atoms with Crippen LogP contribution < -0.4 is 5.32 Å². The predicted octanol–water partition coefficient (Wildman–Crippen LogP) is 3.07. The number of benzene rings is 1. The van der Waals surface area contributed by atoms with Gasteiger partial charge in [0.2, 0.25) is 0 Å². The quantitative estimate of drug-likeness (QED) is 0.788. The predicted molar refractivity (Wildman–Crippen MR) is 87.1 cm³/mol. The van der Waals surface area contributed by atoms with Crippen LogP contribution in [0, 0.1) is 13.8 Å². The van der Waals surface area contributed by atoms with Gasteiger partial charge >= 0.3 is 0 Å². The fourth-order valence-corrected chi connectivity index (χ4v) is 2.45. The zero-order chi connectivity index (χ0) is 16.2. The van der Waals surface area contributed by atoms with Gasteiger partial charge in [-0.1, -0.05) is 12.1 Å². The number of carbonyl (C=O) groups excluding carboxylic acids is 1. The molecule has 0 aliphatic rings. The zero-order valence-electron chi connectivity index (χ0n) is 13.2. The highest BCUT2D eigenvalue weighted by Crippen LogP contribution is 2.09. The Balaban J connectivity index is 1.62. The third-order valence-electron chi connectivity index (χ3n) is 3.66. The molecule has 0 fully saturated rings. The molecule has 5 heteroatoms. The van der Waals surface area contributed by atoms with Gasteiger partial charge in [0, 0.05) is 11.3 Å². The standard InChI is InChI=1S/C18H19N3O2/c1-13-10-14(2)21(20-13)12-15-5-7-16(8-6-15)18(22)19-11-17-4-3-9-23-17/h3-10H,11-12H2,1-2H3,(H,19,22). The number of nitrogens with one attached hydrogen (secondary N) is 1. The molecule has 0 spiro atoms. The van der Waals surface area contributed by atoms with E-state index in [2.05, 4.69) is 16.5 Å². The average Bonchev–Trinajstić information content (AvgIpc) is 3.16. The number of hydrogen-bond donors (Lipinski definition) is 1. The van der Waals surface area contributed by atoms with Crippen molar-refractivity contribution in [3.8, 4) is 0 Å². The summed E-state index contributed by atoms with van der Waals surface area (Å²) in [5, 5.41) is 7.28. The van der Waals surface area contributed by atoms with Crippen molar-refractivity contribution in [1.29, 1.82) is 0 Å². The number of nitrogens with zero attached hydrogens (tertiary/aromatic N) is 2. The van der Waals surface area contributed by atoms with Crippen molar-refractivity contribution in [3.05, 3.63) is 77.0 Å². The minimum absolute atomic E-state index is 0.112. The number of carbonyl (C=O) groups is 1. The molecule has 0 aliphatic heterocycles. The first-order valence-electron chi connectivity index (χ1n) is 7.52. The van der Waals surface area contributed by atoms with E-state index < -0.39 is 0 Å². The van der Waals surface area contributed by atoms with Crippen LogP contribution in [-0.4, -0.2) is 15.7 Å². The molecule has 2 aromatic heterocycles. The highest BCUT2D eigenvalue weighted by molar-refractivity contribution is 5.94. The first kappa shape index (κ1) is 15.1. The lowest BCUT2D eigenvalue weighted by Gasteiger charge is -2.07. The van der Waals surface area contributed by atoms with Crippen LogP contribution in [-0.2, 0) is 13.1 Å². The monoisotopic (exact) mass is 309 g/mol. The summed E-state index contributed by atoms with van der Waals surface area (Å²) in [6.07, 6.45) is 1.59. The highest BCUT2D eigenvalue weighted by atomic mass is 16.3. The molecule has 118 valence electrons. The molecule has 1 amide bonds. The van der Waals surface area contributed by atoms with Gasteiger partial charge in [0.25, 0.3) is 5.91 Å². The second-order valence-electron chi connectivity index (χ2n) is 5.54. The van der Waals surface area contributed by atoms with E-state index in [-0.39, 0.29) is 5.91 Å². The highest BCUT2D eigenvalue weighted by Gasteiger charge is 2.07. The lowest BCUT2D eigenvalue weighted by atomic mass is 10.1. The van der Waals surface area contributed by atoms with Gasteiger partial charge in [0.15, 0.2) is 0 Å². The van der Waals surface area contributed by atoms with Gasteiger partial charge in [0.05, 0.1) is 25.0 Å². The Bertz CT molecular complexity index is 786. The van der Waals surface area contributed by atoms with Crippen molar-refractivity contribution in [1.82, 2.24) is 15.1 Å². The summed E-state index contributed by atoms with van der Waals surface area (Å²) in [7, 11) is 0. The molecule has 0 radical (unpaired) electrons. The Hall–Kier alpha value is -2.82. The number of furan rings is 1. The molecule has 5 nitrogen and oxygen atoms in total. The van der Waals surface area contributed by atoms with E-state index in [1.165, 1.54) is 0 Å². The second kappa shape index (κ2) is 6.52. The Labute approximate surface area is 134 Å². The van der Waals surface area contributed by atoms with Crippen LogP contribution in [0.3, 0.4) is 0 Å². The van der Waals surface area contributed by atoms with E-state index in [9.17, 15) is 4.79 Å². The van der Waals surface area contributed by atoms with Crippen LogP contribution in [0.5, 0.6) is 0 Å². The molecule has 0 saturated carbocycles. The maximum Gasteiger partial charge on any atom is 0.251 e. The van der Waals surface area contributed by atoms with E-state index in [1.54, 1.807) is 12.3 Å². The zero-order valence-corrected chi connectivity index (χ0v) is 13.2. The number of aromatic nitrogens is 2. The van der Waals surface area contributed by atoms with Crippen molar-refractivity contribution < 1.29 is 9.21 Å². The number of aryl methyl sites for hydroxylation is 2. The van der Waals surface area contributed by atoms with Crippen LogP contribution in [0.15, 0.2) is 53.1 Å². The van der Waals surface area contributed by atoms with E-state index >= 15 is 0 Å². The SMILES string of the molecule is Cc1cc(C)n(Cc2ccc(C(=O)NCc3ccco3)cc2)n1. The molecule has 23 heavy (non-hydrogen) atoms. The van der Waals surface area contributed by atoms with E-state index in [1.807, 2.05) is 48.9 Å². The van der Waals surface area contributed by atoms with Gasteiger partial charge in [-0.3, -0.25) is 9.48 Å². The minimum Gasteiger partial charge on any atom is -0.467 e. The molecular formula is C18H19N3O2. The van der Waals surface area contributed by atoms with Gasteiger partial charge in [-0.2, -0.15) is 5.10 Å². The molecule has 0 aliphatic carbocycles. The van der Waals surface area contributed by atoms with Crippen molar-refractivity contribution >= 4 is 5.91 Å². The molecular weight excluding hydrogens is 290 g/mol. The van der Waals surface area contributed by atoms with Crippen molar-refractivity contribution in [2.75, 3.05) is 0 Å². The number of amides is 1. The lowest BCUT2D eigenvalue weighted by Crippen LogP contribution is -2.22. The van der Waals surface area contributed by atoms with Crippen LogP contribution in [0.25, 0.3) is 0 Å². The summed E-state index contributed by atoms with van der Waals surface area (Å²) in [6.45, 7) is 5.11. The van der Waals surface area contributed by atoms with Crippen molar-refractivity contribution in [3.63, 3.8) is 0 Å². The minimum atomic E-state index is -0.112. The number of rotatable bonds is 5. The average molecular weight is 309 g/mol. The Morgan fingerprint density at radius 1 is 1.22 bits per heavy atom. The molecule has 0 bridgehead atoms. The molecule has 3 rings (SSSR count). The van der Waals surface area contributed by atoms with Crippen LogP contribution in [0.4, 0.5) is 0 Å². The smallest absolute Gasteiger partial charge is 0.251 e. The van der Waals surface area contributed by atoms with Crippen LogP contribution in [0.1, 0.15) is 33.1 Å².